The Morgan fingerprint density at radius 2 is 1.00 bits per heavy atom. The van der Waals surface area contributed by atoms with Crippen LogP contribution >= 0.6 is 0 Å². The second-order valence-corrected chi connectivity index (χ2v) is 4.81. The Kier molecular flexibility index (Phi) is 6.19. The molecule has 6 heteroatoms. The summed E-state index contributed by atoms with van der Waals surface area (Å²) in [7, 11) is 0. The molecule has 2 unspecified atom stereocenters. The van der Waals surface area contributed by atoms with Crippen LogP contribution in [-0.2, 0) is 19.1 Å². The van der Waals surface area contributed by atoms with E-state index in [1.54, 1.807) is 48.5 Å². The first-order valence-electron chi connectivity index (χ1n) is 7.39. The maximum atomic E-state index is 11.7. The lowest BCUT2D eigenvalue weighted by Crippen LogP contribution is -2.31. The molecule has 126 valence electrons. The summed E-state index contributed by atoms with van der Waals surface area (Å²) in [6.45, 7) is 3.00. The van der Waals surface area contributed by atoms with Crippen molar-refractivity contribution in [1.82, 2.24) is 0 Å². The van der Waals surface area contributed by atoms with Gasteiger partial charge < -0.3 is 18.9 Å². The predicted molar refractivity (Wildman–Crippen MR) is 85.2 cm³/mol. The van der Waals surface area contributed by atoms with Crippen LogP contribution in [0.4, 0.5) is 0 Å². The molecule has 0 heterocycles. The molecule has 2 aromatic rings. The number of ether oxygens (including phenoxy) is 4. The minimum Gasteiger partial charge on any atom is -0.455 e. The highest BCUT2D eigenvalue weighted by Gasteiger charge is 2.23. The van der Waals surface area contributed by atoms with Crippen molar-refractivity contribution in [2.45, 2.75) is 26.4 Å². The van der Waals surface area contributed by atoms with Crippen molar-refractivity contribution in [3.8, 4) is 11.5 Å². The number of rotatable bonds is 6. The summed E-state index contributed by atoms with van der Waals surface area (Å²) in [5.41, 5.74) is 0. The molecule has 6 nitrogen and oxygen atoms in total. The number of esters is 2. The molecule has 0 aliphatic heterocycles. The molecule has 0 saturated heterocycles. The molecule has 2 rings (SSSR count). The van der Waals surface area contributed by atoms with Crippen molar-refractivity contribution in [3.05, 3.63) is 60.7 Å². The highest BCUT2D eigenvalue weighted by atomic mass is 16.7. The van der Waals surface area contributed by atoms with Crippen molar-refractivity contribution >= 4 is 11.9 Å². The predicted octanol–water partition coefficient (Wildman–Crippen LogP) is 2.92. The molecule has 0 aliphatic carbocycles. The molecule has 24 heavy (non-hydrogen) atoms. The Labute approximate surface area is 139 Å². The molecule has 2 aromatic carbocycles. The third-order valence-electron chi connectivity index (χ3n) is 2.80. The lowest BCUT2D eigenvalue weighted by molar-refractivity contribution is -0.187. The highest BCUT2D eigenvalue weighted by molar-refractivity contribution is 6.29. The van der Waals surface area contributed by atoms with Crippen LogP contribution in [0.5, 0.6) is 11.5 Å². The van der Waals surface area contributed by atoms with Gasteiger partial charge in [0.1, 0.15) is 11.5 Å². The maximum Gasteiger partial charge on any atom is 0.420 e. The maximum absolute atomic E-state index is 11.7. The summed E-state index contributed by atoms with van der Waals surface area (Å²) >= 11 is 0. The van der Waals surface area contributed by atoms with Crippen molar-refractivity contribution in [1.29, 1.82) is 0 Å². The van der Waals surface area contributed by atoms with Gasteiger partial charge in [-0.1, -0.05) is 36.4 Å². The van der Waals surface area contributed by atoms with Crippen LogP contribution in [-0.4, -0.2) is 24.5 Å². The first-order chi connectivity index (χ1) is 11.5. The van der Waals surface area contributed by atoms with Crippen LogP contribution in [0.25, 0.3) is 0 Å². The molecule has 0 N–H and O–H groups in total. The summed E-state index contributed by atoms with van der Waals surface area (Å²) in [6, 6.07) is 17.6. The third kappa shape index (κ3) is 5.64. The van der Waals surface area contributed by atoms with Crippen molar-refractivity contribution < 1.29 is 28.5 Å². The van der Waals surface area contributed by atoms with E-state index in [2.05, 4.69) is 0 Å². The standard InChI is InChI=1S/C18H18O6/c1-13(21-15-9-5-3-6-10-15)23-17(19)18(20)24-14(2)22-16-11-7-4-8-12-16/h3-14H,1-2H3. The van der Waals surface area contributed by atoms with E-state index in [-0.39, 0.29) is 0 Å². The number of para-hydroxylation sites is 2. The fourth-order valence-electron chi connectivity index (χ4n) is 1.83. The summed E-state index contributed by atoms with van der Waals surface area (Å²) in [5, 5.41) is 0. The second-order valence-electron chi connectivity index (χ2n) is 4.81. The Balaban J connectivity index is 1.78. The number of carbonyl (C=O) groups is 2. The summed E-state index contributed by atoms with van der Waals surface area (Å²) in [5.74, 6) is -1.26. The van der Waals surface area contributed by atoms with E-state index in [0.717, 1.165) is 0 Å². The van der Waals surface area contributed by atoms with Crippen LogP contribution in [0, 0.1) is 0 Å². The quantitative estimate of drug-likeness (QED) is 0.461. The number of hydrogen-bond acceptors (Lipinski definition) is 6. The van der Waals surface area contributed by atoms with E-state index in [4.69, 9.17) is 18.9 Å². The fraction of sp³-hybridized carbons (Fsp3) is 0.222. The molecule has 0 aromatic heterocycles. The van der Waals surface area contributed by atoms with Gasteiger partial charge in [0.15, 0.2) is 0 Å². The van der Waals surface area contributed by atoms with E-state index in [1.165, 1.54) is 13.8 Å². The van der Waals surface area contributed by atoms with E-state index >= 15 is 0 Å². The zero-order valence-corrected chi connectivity index (χ0v) is 13.4. The third-order valence-corrected chi connectivity index (χ3v) is 2.80. The van der Waals surface area contributed by atoms with Gasteiger partial charge in [-0.25, -0.2) is 9.59 Å². The van der Waals surface area contributed by atoms with Gasteiger partial charge >= 0.3 is 11.9 Å². The average molecular weight is 330 g/mol. The minimum absolute atomic E-state index is 0.520. The zero-order valence-electron chi connectivity index (χ0n) is 13.4. The number of hydrogen-bond donors (Lipinski definition) is 0. The van der Waals surface area contributed by atoms with E-state index < -0.39 is 24.5 Å². The van der Waals surface area contributed by atoms with E-state index in [0.29, 0.717) is 11.5 Å². The van der Waals surface area contributed by atoms with Gasteiger partial charge in [0.25, 0.3) is 0 Å². The van der Waals surface area contributed by atoms with Crippen LogP contribution in [0.15, 0.2) is 60.7 Å². The Morgan fingerprint density at radius 1 is 0.667 bits per heavy atom. The Hall–Kier alpha value is -3.02. The van der Waals surface area contributed by atoms with Crippen LogP contribution < -0.4 is 9.47 Å². The first kappa shape index (κ1) is 17.3. The first-order valence-corrected chi connectivity index (χ1v) is 7.39. The van der Waals surface area contributed by atoms with E-state index in [9.17, 15) is 9.59 Å². The van der Waals surface area contributed by atoms with Crippen molar-refractivity contribution in [2.24, 2.45) is 0 Å². The number of benzene rings is 2. The smallest absolute Gasteiger partial charge is 0.420 e. The Morgan fingerprint density at radius 3 is 1.33 bits per heavy atom. The minimum atomic E-state index is -1.15. The monoisotopic (exact) mass is 330 g/mol. The summed E-state index contributed by atoms with van der Waals surface area (Å²) < 4.78 is 20.5. The van der Waals surface area contributed by atoms with Crippen LogP contribution in [0.1, 0.15) is 13.8 Å². The molecule has 0 amide bonds. The lowest BCUT2D eigenvalue weighted by atomic mass is 10.3. The summed E-state index contributed by atoms with van der Waals surface area (Å²) in [4.78, 5) is 23.4. The SMILES string of the molecule is CC(OC(=O)C(=O)OC(C)Oc1ccccc1)Oc1ccccc1. The highest BCUT2D eigenvalue weighted by Crippen LogP contribution is 2.13. The second kappa shape index (κ2) is 8.57. The topological polar surface area (TPSA) is 71.1 Å². The van der Waals surface area contributed by atoms with Gasteiger partial charge in [0.2, 0.25) is 12.6 Å². The van der Waals surface area contributed by atoms with Crippen LogP contribution in [0.3, 0.4) is 0 Å². The average Bonchev–Trinajstić information content (AvgIpc) is 2.56. The lowest BCUT2D eigenvalue weighted by Gasteiger charge is -2.17. The van der Waals surface area contributed by atoms with E-state index in [1.807, 2.05) is 12.1 Å². The van der Waals surface area contributed by atoms with Gasteiger partial charge in [-0.3, -0.25) is 0 Å². The van der Waals surface area contributed by atoms with Gasteiger partial charge in [-0.05, 0) is 24.3 Å². The van der Waals surface area contributed by atoms with Crippen molar-refractivity contribution in [3.63, 3.8) is 0 Å². The zero-order chi connectivity index (χ0) is 17.4. The Bertz CT molecular complexity index is 596. The van der Waals surface area contributed by atoms with Gasteiger partial charge in [0.05, 0.1) is 0 Å². The fourth-order valence-corrected chi connectivity index (χ4v) is 1.83. The molecule has 0 fully saturated rings. The molecular weight excluding hydrogens is 312 g/mol. The normalized spacial score (nSPS) is 12.6. The van der Waals surface area contributed by atoms with Gasteiger partial charge in [0, 0.05) is 13.8 Å². The molecule has 2 atom stereocenters. The number of carbonyl (C=O) groups excluding carboxylic acids is 2. The van der Waals surface area contributed by atoms with Crippen molar-refractivity contribution in [2.75, 3.05) is 0 Å². The molecule has 0 saturated carbocycles. The largest absolute Gasteiger partial charge is 0.455 e. The molecule has 0 spiro atoms. The van der Waals surface area contributed by atoms with Gasteiger partial charge in [-0.2, -0.15) is 0 Å². The molecule has 0 radical (unpaired) electrons. The van der Waals surface area contributed by atoms with Gasteiger partial charge in [-0.15, -0.1) is 0 Å². The van der Waals surface area contributed by atoms with Crippen LogP contribution in [0.2, 0.25) is 0 Å². The summed E-state index contributed by atoms with van der Waals surface area (Å²) in [6.07, 6.45) is -1.87. The molecule has 0 bridgehead atoms. The molecular formula is C18H18O6. The molecule has 0 aliphatic rings.